The Morgan fingerprint density at radius 1 is 1.14 bits per heavy atom. The summed E-state index contributed by atoms with van der Waals surface area (Å²) in [7, 11) is 0. The maximum atomic E-state index is 12.0. The number of amides is 1. The highest BCUT2D eigenvalue weighted by Gasteiger charge is 2.27. The van der Waals surface area contributed by atoms with E-state index in [-0.39, 0.29) is 12.1 Å². The van der Waals surface area contributed by atoms with E-state index in [1.807, 2.05) is 18.2 Å². The molecule has 0 radical (unpaired) electrons. The molecule has 2 aliphatic heterocycles. The summed E-state index contributed by atoms with van der Waals surface area (Å²) in [4.78, 5) is 16.9. The third kappa shape index (κ3) is 3.05. The van der Waals surface area contributed by atoms with Crippen LogP contribution in [0.15, 0.2) is 24.3 Å². The highest BCUT2D eigenvalue weighted by atomic mass is 16.2. The van der Waals surface area contributed by atoms with Gasteiger partial charge in [-0.3, -0.25) is 4.79 Å². The van der Waals surface area contributed by atoms with Crippen LogP contribution in [0.2, 0.25) is 0 Å². The van der Waals surface area contributed by atoms with Gasteiger partial charge in [-0.25, -0.2) is 0 Å². The predicted molar refractivity (Wildman–Crippen MR) is 85.6 cm³/mol. The number of nitrogens with zero attached hydrogens (tertiary/aromatic N) is 2. The van der Waals surface area contributed by atoms with Gasteiger partial charge in [0, 0.05) is 13.1 Å². The average Bonchev–Trinajstić information content (AvgIpc) is 2.49. The topological polar surface area (TPSA) is 35.6 Å². The molecule has 2 heterocycles. The molecule has 1 amide bonds. The molecule has 4 nitrogen and oxygen atoms in total. The van der Waals surface area contributed by atoms with E-state index in [0.717, 1.165) is 30.3 Å². The summed E-state index contributed by atoms with van der Waals surface area (Å²) in [5.74, 6) is 0.913. The molecule has 3 rings (SSSR count). The molecule has 0 saturated carbocycles. The van der Waals surface area contributed by atoms with Gasteiger partial charge >= 0.3 is 0 Å². The van der Waals surface area contributed by atoms with Crippen molar-refractivity contribution in [3.8, 4) is 0 Å². The standard InChI is InChI=1S/C17H25N3O/c1-13-7-9-19(10-8-13)11-12-20-14(2)18-17(21)15-5-3-4-6-16(15)20/h3-6,13-14H,7-12H2,1-2H3,(H,18,21). The Morgan fingerprint density at radius 2 is 1.86 bits per heavy atom. The highest BCUT2D eigenvalue weighted by Crippen LogP contribution is 2.26. The smallest absolute Gasteiger partial charge is 0.254 e. The highest BCUT2D eigenvalue weighted by molar-refractivity contribution is 6.01. The Hall–Kier alpha value is -1.55. The number of fused-ring (bicyclic) bond motifs is 1. The van der Waals surface area contributed by atoms with Gasteiger partial charge in [0.1, 0.15) is 0 Å². The van der Waals surface area contributed by atoms with Gasteiger partial charge in [0.2, 0.25) is 0 Å². The summed E-state index contributed by atoms with van der Waals surface area (Å²) < 4.78 is 0. The molecule has 0 aliphatic carbocycles. The van der Waals surface area contributed by atoms with Crippen molar-refractivity contribution >= 4 is 11.6 Å². The first-order valence-corrected chi connectivity index (χ1v) is 8.04. The van der Waals surface area contributed by atoms with Crippen molar-refractivity contribution in [1.82, 2.24) is 10.2 Å². The minimum atomic E-state index is 0.0427. The molecule has 1 fully saturated rings. The zero-order chi connectivity index (χ0) is 14.8. The number of hydrogen-bond donors (Lipinski definition) is 1. The third-order valence-electron chi connectivity index (χ3n) is 4.80. The number of anilines is 1. The fourth-order valence-electron chi connectivity index (χ4n) is 3.32. The van der Waals surface area contributed by atoms with Crippen LogP contribution >= 0.6 is 0 Å². The molecule has 0 aromatic heterocycles. The van der Waals surface area contributed by atoms with Crippen LogP contribution in [0.3, 0.4) is 0 Å². The zero-order valence-electron chi connectivity index (χ0n) is 13.0. The van der Waals surface area contributed by atoms with E-state index < -0.39 is 0 Å². The number of nitrogens with one attached hydrogen (secondary N) is 1. The second-order valence-electron chi connectivity index (χ2n) is 6.38. The summed E-state index contributed by atoms with van der Waals surface area (Å²) in [5.41, 5.74) is 1.86. The van der Waals surface area contributed by atoms with Crippen LogP contribution in [-0.4, -0.2) is 43.2 Å². The van der Waals surface area contributed by atoms with Crippen molar-refractivity contribution < 1.29 is 4.79 Å². The third-order valence-corrected chi connectivity index (χ3v) is 4.80. The lowest BCUT2D eigenvalue weighted by molar-refractivity contribution is 0.0929. The minimum Gasteiger partial charge on any atom is -0.350 e. The van der Waals surface area contributed by atoms with Gasteiger partial charge in [0.15, 0.2) is 0 Å². The molecule has 0 spiro atoms. The molecule has 4 heteroatoms. The van der Waals surface area contributed by atoms with E-state index in [0.29, 0.717) is 0 Å². The first kappa shape index (κ1) is 14.4. The Labute approximate surface area is 127 Å². The lowest BCUT2D eigenvalue weighted by Crippen LogP contribution is -2.53. The number of hydrogen-bond acceptors (Lipinski definition) is 3. The normalized spacial score (nSPS) is 23.8. The lowest BCUT2D eigenvalue weighted by atomic mass is 9.99. The summed E-state index contributed by atoms with van der Waals surface area (Å²) in [5, 5.41) is 3.05. The van der Waals surface area contributed by atoms with Crippen LogP contribution < -0.4 is 10.2 Å². The van der Waals surface area contributed by atoms with Crippen molar-refractivity contribution in [1.29, 1.82) is 0 Å². The SMILES string of the molecule is CC1CCN(CCN2c3ccccc3C(=O)NC2C)CC1. The maximum absolute atomic E-state index is 12.0. The van der Waals surface area contributed by atoms with Crippen LogP contribution in [0.4, 0.5) is 5.69 Å². The molecule has 2 aliphatic rings. The summed E-state index contributed by atoms with van der Waals surface area (Å²) >= 11 is 0. The fourth-order valence-corrected chi connectivity index (χ4v) is 3.32. The molecule has 0 bridgehead atoms. The first-order chi connectivity index (χ1) is 10.1. The molecule has 1 aromatic rings. The molecular weight excluding hydrogens is 262 g/mol. The Balaban J connectivity index is 1.67. The van der Waals surface area contributed by atoms with Gasteiger partial charge in [-0.15, -0.1) is 0 Å². The monoisotopic (exact) mass is 287 g/mol. The van der Waals surface area contributed by atoms with E-state index in [1.54, 1.807) is 0 Å². The largest absolute Gasteiger partial charge is 0.350 e. The maximum Gasteiger partial charge on any atom is 0.254 e. The zero-order valence-corrected chi connectivity index (χ0v) is 13.0. The number of likely N-dealkylation sites (tertiary alicyclic amines) is 1. The first-order valence-electron chi connectivity index (χ1n) is 8.04. The van der Waals surface area contributed by atoms with Gasteiger partial charge in [-0.05, 0) is 50.9 Å². The van der Waals surface area contributed by atoms with Crippen LogP contribution in [0.25, 0.3) is 0 Å². The molecule has 114 valence electrons. The number of carbonyl (C=O) groups is 1. The average molecular weight is 287 g/mol. The predicted octanol–water partition coefficient (Wildman–Crippen LogP) is 2.31. The van der Waals surface area contributed by atoms with Gasteiger partial charge in [-0.1, -0.05) is 19.1 Å². The molecule has 1 N–H and O–H groups in total. The summed E-state index contributed by atoms with van der Waals surface area (Å²) in [6.07, 6.45) is 2.68. The van der Waals surface area contributed by atoms with E-state index in [4.69, 9.17) is 0 Å². The molecular formula is C17H25N3O. The van der Waals surface area contributed by atoms with Crippen molar-refractivity contribution in [3.63, 3.8) is 0 Å². The molecule has 1 unspecified atom stereocenters. The van der Waals surface area contributed by atoms with E-state index in [2.05, 4.69) is 35.0 Å². The Morgan fingerprint density at radius 3 is 2.62 bits per heavy atom. The minimum absolute atomic E-state index is 0.0427. The molecule has 1 saturated heterocycles. The van der Waals surface area contributed by atoms with Crippen LogP contribution in [0.5, 0.6) is 0 Å². The number of para-hydroxylation sites is 1. The fraction of sp³-hybridized carbons (Fsp3) is 0.588. The van der Waals surface area contributed by atoms with Gasteiger partial charge in [0.25, 0.3) is 5.91 Å². The Bertz CT molecular complexity index is 509. The van der Waals surface area contributed by atoms with Crippen molar-refractivity contribution in [2.24, 2.45) is 5.92 Å². The van der Waals surface area contributed by atoms with Crippen LogP contribution in [0, 0.1) is 5.92 Å². The van der Waals surface area contributed by atoms with Crippen molar-refractivity contribution in [2.75, 3.05) is 31.1 Å². The second kappa shape index (κ2) is 6.06. The second-order valence-corrected chi connectivity index (χ2v) is 6.38. The van der Waals surface area contributed by atoms with Gasteiger partial charge in [-0.2, -0.15) is 0 Å². The Kier molecular flexibility index (Phi) is 4.15. The number of rotatable bonds is 3. The summed E-state index contributed by atoms with van der Waals surface area (Å²) in [6, 6.07) is 7.91. The quantitative estimate of drug-likeness (QED) is 0.926. The van der Waals surface area contributed by atoms with Crippen molar-refractivity contribution in [2.45, 2.75) is 32.9 Å². The van der Waals surface area contributed by atoms with Crippen molar-refractivity contribution in [3.05, 3.63) is 29.8 Å². The van der Waals surface area contributed by atoms with E-state index in [1.165, 1.54) is 25.9 Å². The van der Waals surface area contributed by atoms with Crippen LogP contribution in [-0.2, 0) is 0 Å². The van der Waals surface area contributed by atoms with Gasteiger partial charge < -0.3 is 15.1 Å². The van der Waals surface area contributed by atoms with Crippen LogP contribution in [0.1, 0.15) is 37.0 Å². The molecule has 21 heavy (non-hydrogen) atoms. The lowest BCUT2D eigenvalue weighted by Gasteiger charge is -2.39. The number of carbonyl (C=O) groups excluding carboxylic acids is 1. The summed E-state index contributed by atoms with van der Waals surface area (Å²) in [6.45, 7) is 8.85. The molecule has 1 aromatic carbocycles. The van der Waals surface area contributed by atoms with Gasteiger partial charge in [0.05, 0.1) is 17.4 Å². The van der Waals surface area contributed by atoms with E-state index in [9.17, 15) is 4.79 Å². The van der Waals surface area contributed by atoms with E-state index >= 15 is 0 Å². The molecule has 1 atom stereocenters. The number of benzene rings is 1. The number of piperidine rings is 1.